The molecule has 0 bridgehead atoms. The van der Waals surface area contributed by atoms with Crippen LogP contribution < -0.4 is 14.9 Å². The van der Waals surface area contributed by atoms with E-state index in [4.69, 9.17) is 13.9 Å². The van der Waals surface area contributed by atoms with Crippen LogP contribution in [0, 0.1) is 13.8 Å². The van der Waals surface area contributed by atoms with Gasteiger partial charge < -0.3 is 18.5 Å². The van der Waals surface area contributed by atoms with Gasteiger partial charge in [-0.25, -0.2) is 5.43 Å². The first-order valence-corrected chi connectivity index (χ1v) is 11.4. The number of aryl methyl sites for hydroxylation is 2. The van der Waals surface area contributed by atoms with Gasteiger partial charge in [-0.2, -0.15) is 5.10 Å². The van der Waals surface area contributed by atoms with E-state index in [2.05, 4.69) is 57.0 Å². The van der Waals surface area contributed by atoms with Crippen molar-refractivity contribution in [2.24, 2.45) is 5.10 Å². The van der Waals surface area contributed by atoms with E-state index >= 15 is 0 Å². The number of ether oxygens (including phenoxy) is 2. The molecule has 0 atom stereocenters. The number of nitrogens with one attached hydrogen (secondary N) is 1. The highest BCUT2D eigenvalue weighted by atomic mass is 79.9. The van der Waals surface area contributed by atoms with Crippen LogP contribution in [0.1, 0.15) is 33.3 Å². The van der Waals surface area contributed by atoms with Crippen molar-refractivity contribution in [2.75, 3.05) is 7.11 Å². The second-order valence-electron chi connectivity index (χ2n) is 7.59. The molecule has 4 aromatic rings. The lowest BCUT2D eigenvalue weighted by Gasteiger charge is -2.10. The van der Waals surface area contributed by atoms with Crippen molar-refractivity contribution in [3.63, 3.8) is 0 Å². The molecule has 7 nitrogen and oxygen atoms in total. The molecule has 174 valence electrons. The maximum absolute atomic E-state index is 12.3. The van der Waals surface area contributed by atoms with E-state index in [0.717, 1.165) is 15.7 Å². The molecular formula is C26H24BrN3O4. The van der Waals surface area contributed by atoms with E-state index in [0.29, 0.717) is 17.3 Å². The predicted molar refractivity (Wildman–Crippen MR) is 134 cm³/mol. The largest absolute Gasteiger partial charge is 0.496 e. The summed E-state index contributed by atoms with van der Waals surface area (Å²) in [7, 11) is 1.57. The smallest absolute Gasteiger partial charge is 0.307 e. The van der Waals surface area contributed by atoms with E-state index in [1.165, 1.54) is 17.6 Å². The van der Waals surface area contributed by atoms with Crippen LogP contribution in [0.4, 0.5) is 0 Å². The number of carbonyl (C=O) groups is 1. The number of carbonyl (C=O) groups excluding carboxylic acids is 1. The molecule has 34 heavy (non-hydrogen) atoms. The SMILES string of the molecule is COc1ccc(Br)cc1/C=N/NC(=O)c1ccc(COc2ccc(-n3c(C)ccc3C)cc2)o1. The number of furan rings is 1. The van der Waals surface area contributed by atoms with E-state index in [1.807, 2.05) is 42.5 Å². The molecule has 0 saturated carbocycles. The Kier molecular flexibility index (Phi) is 7.18. The zero-order valence-electron chi connectivity index (χ0n) is 19.0. The highest BCUT2D eigenvalue weighted by Crippen LogP contribution is 2.22. The average molecular weight is 522 g/mol. The summed E-state index contributed by atoms with van der Waals surface area (Å²) in [6.07, 6.45) is 1.51. The fraction of sp³-hybridized carbons (Fsp3) is 0.154. The lowest BCUT2D eigenvalue weighted by molar-refractivity contribution is 0.0923. The van der Waals surface area contributed by atoms with Gasteiger partial charge in [0.25, 0.3) is 0 Å². The van der Waals surface area contributed by atoms with Crippen molar-refractivity contribution in [3.8, 4) is 17.2 Å². The Hall–Kier alpha value is -3.78. The highest BCUT2D eigenvalue weighted by molar-refractivity contribution is 9.10. The maximum Gasteiger partial charge on any atom is 0.307 e. The fourth-order valence-electron chi connectivity index (χ4n) is 3.52. The summed E-state index contributed by atoms with van der Waals surface area (Å²) >= 11 is 3.40. The van der Waals surface area contributed by atoms with Gasteiger partial charge in [0.1, 0.15) is 23.9 Å². The van der Waals surface area contributed by atoms with Crippen LogP contribution in [-0.2, 0) is 6.61 Å². The quantitative estimate of drug-likeness (QED) is 0.234. The van der Waals surface area contributed by atoms with Gasteiger partial charge in [0.05, 0.1) is 13.3 Å². The summed E-state index contributed by atoms with van der Waals surface area (Å²) in [5.41, 5.74) is 6.60. The molecule has 2 aromatic carbocycles. The van der Waals surface area contributed by atoms with Gasteiger partial charge in [-0.1, -0.05) is 15.9 Å². The molecule has 0 aliphatic carbocycles. The Morgan fingerprint density at radius 1 is 1.06 bits per heavy atom. The van der Waals surface area contributed by atoms with Gasteiger partial charge in [0, 0.05) is 27.1 Å². The van der Waals surface area contributed by atoms with Gasteiger partial charge >= 0.3 is 5.91 Å². The minimum absolute atomic E-state index is 0.144. The minimum Gasteiger partial charge on any atom is -0.496 e. The Morgan fingerprint density at radius 2 is 1.79 bits per heavy atom. The number of amides is 1. The molecule has 1 amide bonds. The van der Waals surface area contributed by atoms with Gasteiger partial charge in [-0.15, -0.1) is 0 Å². The maximum atomic E-state index is 12.3. The van der Waals surface area contributed by atoms with E-state index < -0.39 is 5.91 Å². The molecule has 0 aliphatic heterocycles. The normalized spacial score (nSPS) is 11.1. The number of hydrogen-bond acceptors (Lipinski definition) is 5. The van der Waals surface area contributed by atoms with Crippen molar-refractivity contribution < 1.29 is 18.7 Å². The molecule has 4 rings (SSSR count). The minimum atomic E-state index is -0.460. The van der Waals surface area contributed by atoms with Crippen LogP contribution in [-0.4, -0.2) is 23.8 Å². The first-order valence-electron chi connectivity index (χ1n) is 10.6. The fourth-order valence-corrected chi connectivity index (χ4v) is 3.90. The number of rotatable bonds is 8. The van der Waals surface area contributed by atoms with Crippen molar-refractivity contribution in [1.82, 2.24) is 9.99 Å². The van der Waals surface area contributed by atoms with Crippen LogP contribution in [0.5, 0.6) is 11.5 Å². The van der Waals surface area contributed by atoms with Crippen LogP contribution in [0.3, 0.4) is 0 Å². The number of hydrazone groups is 1. The third kappa shape index (κ3) is 5.40. The molecule has 0 saturated heterocycles. The molecule has 1 N–H and O–H groups in total. The molecule has 0 fully saturated rings. The van der Waals surface area contributed by atoms with Gasteiger partial charge in [0.2, 0.25) is 0 Å². The van der Waals surface area contributed by atoms with Crippen molar-refractivity contribution >= 4 is 28.1 Å². The molecule has 0 spiro atoms. The Balaban J connectivity index is 1.33. The van der Waals surface area contributed by atoms with Crippen molar-refractivity contribution in [3.05, 3.63) is 99.7 Å². The van der Waals surface area contributed by atoms with E-state index in [9.17, 15) is 4.79 Å². The summed E-state index contributed by atoms with van der Waals surface area (Å²) in [5, 5.41) is 3.99. The summed E-state index contributed by atoms with van der Waals surface area (Å²) in [5.74, 6) is 1.57. The lowest BCUT2D eigenvalue weighted by atomic mass is 10.2. The predicted octanol–water partition coefficient (Wildman–Crippen LogP) is 5.80. The number of hydrogen-bond donors (Lipinski definition) is 1. The van der Waals surface area contributed by atoms with Crippen LogP contribution >= 0.6 is 15.9 Å². The van der Waals surface area contributed by atoms with Crippen LogP contribution in [0.15, 0.2) is 80.7 Å². The third-order valence-corrected chi connectivity index (χ3v) is 5.69. The number of benzene rings is 2. The van der Waals surface area contributed by atoms with Gasteiger partial charge in [-0.3, -0.25) is 4.79 Å². The van der Waals surface area contributed by atoms with Crippen molar-refractivity contribution in [1.29, 1.82) is 0 Å². The molecule has 2 aromatic heterocycles. The van der Waals surface area contributed by atoms with Gasteiger partial charge in [-0.05, 0) is 80.6 Å². The molecule has 2 heterocycles. The zero-order valence-corrected chi connectivity index (χ0v) is 20.6. The monoisotopic (exact) mass is 521 g/mol. The first kappa shape index (κ1) is 23.4. The van der Waals surface area contributed by atoms with E-state index in [-0.39, 0.29) is 12.4 Å². The first-order chi connectivity index (χ1) is 16.4. The molecule has 0 radical (unpaired) electrons. The zero-order chi connectivity index (χ0) is 24.1. The lowest BCUT2D eigenvalue weighted by Crippen LogP contribution is -2.16. The molecule has 0 unspecified atom stereocenters. The topological polar surface area (TPSA) is 78.0 Å². The number of nitrogens with zero attached hydrogens (tertiary/aromatic N) is 2. The molecular weight excluding hydrogens is 498 g/mol. The number of aromatic nitrogens is 1. The molecule has 8 heteroatoms. The van der Waals surface area contributed by atoms with Gasteiger partial charge in [0.15, 0.2) is 5.76 Å². The standard InChI is InChI=1S/C26H24BrN3O4/c1-17-4-5-18(2)30(17)21-7-9-22(10-8-21)33-16-23-11-13-25(34-23)26(31)29-28-15-19-14-20(27)6-12-24(19)32-3/h4-15H,16H2,1-3H3,(H,29,31)/b28-15+. The van der Waals surface area contributed by atoms with E-state index in [1.54, 1.807) is 19.2 Å². The summed E-state index contributed by atoms with van der Waals surface area (Å²) in [6, 6.07) is 20.8. The van der Waals surface area contributed by atoms with Crippen LogP contribution in [0.2, 0.25) is 0 Å². The second-order valence-corrected chi connectivity index (χ2v) is 8.50. The number of halogens is 1. The third-order valence-electron chi connectivity index (χ3n) is 5.19. The second kappa shape index (κ2) is 10.4. The summed E-state index contributed by atoms with van der Waals surface area (Å²) in [4.78, 5) is 12.3. The Bertz CT molecular complexity index is 1300. The van der Waals surface area contributed by atoms with Crippen LogP contribution in [0.25, 0.3) is 5.69 Å². The summed E-state index contributed by atoms with van der Waals surface area (Å²) in [6.45, 7) is 4.35. The highest BCUT2D eigenvalue weighted by Gasteiger charge is 2.11. The summed E-state index contributed by atoms with van der Waals surface area (Å²) < 4.78 is 19.8. The van der Waals surface area contributed by atoms with Crippen molar-refractivity contribution in [2.45, 2.75) is 20.5 Å². The Labute approximate surface area is 206 Å². The Morgan fingerprint density at radius 3 is 2.50 bits per heavy atom. The number of methoxy groups -OCH3 is 1. The average Bonchev–Trinajstić information content (AvgIpc) is 3.44. The molecule has 0 aliphatic rings.